The van der Waals surface area contributed by atoms with Crippen LogP contribution in [0.1, 0.15) is 28.5 Å². The number of hydrogen-bond donors (Lipinski definition) is 2. The summed E-state index contributed by atoms with van der Waals surface area (Å²) in [5.41, 5.74) is 8.42. The third-order valence-corrected chi connectivity index (χ3v) is 2.33. The van der Waals surface area contributed by atoms with E-state index in [1.165, 1.54) is 0 Å². The summed E-state index contributed by atoms with van der Waals surface area (Å²) < 4.78 is 4.93. The molecular weight excluding hydrogens is 218 g/mol. The monoisotopic (exact) mass is 235 g/mol. The Balaban J connectivity index is 3.02. The van der Waals surface area contributed by atoms with Crippen LogP contribution in [0, 0.1) is 6.92 Å². The molecule has 3 N–H and O–H groups in total. The van der Waals surface area contributed by atoms with Crippen LogP contribution in [0.2, 0.25) is 0 Å². The minimum Gasteiger partial charge on any atom is -0.461 e. The summed E-state index contributed by atoms with van der Waals surface area (Å²) in [7, 11) is 1.66. The molecule has 0 radical (unpaired) electrons. The molecule has 0 aliphatic heterocycles. The number of ether oxygens (including phenoxy) is 1. The molecule has 0 atom stereocenters. The Labute approximate surface area is 100 Å². The molecule has 1 aromatic rings. The molecule has 0 fully saturated rings. The average Bonchev–Trinajstić information content (AvgIpc) is 2.68. The van der Waals surface area contributed by atoms with Crippen LogP contribution in [-0.4, -0.2) is 30.8 Å². The normalized spacial score (nSPS) is 12.1. The Morgan fingerprint density at radius 2 is 2.35 bits per heavy atom. The lowest BCUT2D eigenvalue weighted by molar-refractivity contribution is 0.0519. The van der Waals surface area contributed by atoms with Crippen LogP contribution in [0.25, 0.3) is 5.70 Å². The van der Waals surface area contributed by atoms with E-state index in [2.05, 4.69) is 9.98 Å². The number of rotatable bonds is 4. The van der Waals surface area contributed by atoms with Crippen LogP contribution in [0.5, 0.6) is 0 Å². The van der Waals surface area contributed by atoms with Gasteiger partial charge in [0.15, 0.2) is 0 Å². The number of hydrogen-bond acceptors (Lipinski definition) is 4. The Hall–Kier alpha value is -2.04. The molecule has 17 heavy (non-hydrogen) atoms. The predicted octanol–water partition coefficient (Wildman–Crippen LogP) is 1.50. The Morgan fingerprint density at radius 1 is 1.65 bits per heavy atom. The van der Waals surface area contributed by atoms with E-state index in [9.17, 15) is 4.79 Å². The van der Waals surface area contributed by atoms with Crippen molar-refractivity contribution in [2.24, 2.45) is 10.7 Å². The van der Waals surface area contributed by atoms with Crippen molar-refractivity contribution in [3.63, 3.8) is 0 Å². The SMILES string of the molecule is CCOC(=O)c1[nH]cc(/C(N)=C/C=NC)c1C. The van der Waals surface area contributed by atoms with Gasteiger partial charge in [0, 0.05) is 30.7 Å². The number of carbonyl (C=O) groups is 1. The third kappa shape index (κ3) is 2.96. The van der Waals surface area contributed by atoms with Gasteiger partial charge in [-0.15, -0.1) is 0 Å². The van der Waals surface area contributed by atoms with Crippen molar-refractivity contribution >= 4 is 17.9 Å². The van der Waals surface area contributed by atoms with Crippen LogP contribution in [0.3, 0.4) is 0 Å². The molecule has 1 heterocycles. The number of nitrogens with one attached hydrogen (secondary N) is 1. The number of carbonyl (C=O) groups excluding carboxylic acids is 1. The van der Waals surface area contributed by atoms with Gasteiger partial charge < -0.3 is 15.5 Å². The van der Waals surface area contributed by atoms with Crippen LogP contribution in [-0.2, 0) is 4.74 Å². The van der Waals surface area contributed by atoms with Gasteiger partial charge in [-0.2, -0.15) is 0 Å². The van der Waals surface area contributed by atoms with Gasteiger partial charge >= 0.3 is 5.97 Å². The van der Waals surface area contributed by atoms with Crippen molar-refractivity contribution in [3.8, 4) is 0 Å². The zero-order chi connectivity index (χ0) is 12.8. The number of allylic oxidation sites excluding steroid dienone is 1. The molecule has 92 valence electrons. The van der Waals surface area contributed by atoms with Crippen LogP contribution < -0.4 is 5.73 Å². The van der Waals surface area contributed by atoms with Gasteiger partial charge in [-0.05, 0) is 25.5 Å². The van der Waals surface area contributed by atoms with E-state index >= 15 is 0 Å². The number of aromatic nitrogens is 1. The van der Waals surface area contributed by atoms with E-state index in [0.717, 1.165) is 11.1 Å². The first-order valence-electron chi connectivity index (χ1n) is 5.35. The molecule has 0 unspecified atom stereocenters. The Bertz CT molecular complexity index is 458. The van der Waals surface area contributed by atoms with Gasteiger partial charge in [-0.25, -0.2) is 4.79 Å². The molecule has 0 saturated heterocycles. The van der Waals surface area contributed by atoms with E-state index in [-0.39, 0.29) is 5.97 Å². The zero-order valence-corrected chi connectivity index (χ0v) is 10.3. The first kappa shape index (κ1) is 13.0. The second kappa shape index (κ2) is 5.89. The molecule has 0 aliphatic carbocycles. The van der Waals surface area contributed by atoms with Crippen molar-refractivity contribution in [1.29, 1.82) is 0 Å². The number of nitrogens with zero attached hydrogens (tertiary/aromatic N) is 1. The molecule has 5 nitrogen and oxygen atoms in total. The maximum atomic E-state index is 11.6. The average molecular weight is 235 g/mol. The van der Waals surface area contributed by atoms with Crippen molar-refractivity contribution in [2.75, 3.05) is 13.7 Å². The molecule has 0 aromatic carbocycles. The molecular formula is C12H17N3O2. The Kier molecular flexibility index (Phi) is 4.51. The summed E-state index contributed by atoms with van der Waals surface area (Å²) in [6.45, 7) is 3.94. The number of nitrogens with two attached hydrogens (primary N) is 1. The maximum absolute atomic E-state index is 11.6. The summed E-state index contributed by atoms with van der Waals surface area (Å²) in [5, 5.41) is 0. The highest BCUT2D eigenvalue weighted by Crippen LogP contribution is 2.18. The lowest BCUT2D eigenvalue weighted by atomic mass is 10.1. The largest absolute Gasteiger partial charge is 0.461 e. The number of H-pyrrole nitrogens is 1. The topological polar surface area (TPSA) is 80.5 Å². The molecule has 0 aliphatic rings. The standard InChI is InChI=1S/C12H17N3O2/c1-4-17-12(16)11-8(2)9(7-15-11)10(13)5-6-14-3/h5-7,15H,4,13H2,1-3H3/b10-5-,14-6?. The van der Waals surface area contributed by atoms with Gasteiger partial charge in [-0.3, -0.25) is 4.99 Å². The van der Waals surface area contributed by atoms with Gasteiger partial charge in [-0.1, -0.05) is 0 Å². The van der Waals surface area contributed by atoms with Crippen LogP contribution in [0.4, 0.5) is 0 Å². The fraction of sp³-hybridized carbons (Fsp3) is 0.333. The summed E-state index contributed by atoms with van der Waals surface area (Å²) >= 11 is 0. The zero-order valence-electron chi connectivity index (χ0n) is 10.3. The molecule has 1 rings (SSSR count). The highest BCUT2D eigenvalue weighted by Gasteiger charge is 2.15. The van der Waals surface area contributed by atoms with E-state index < -0.39 is 0 Å². The number of aliphatic imine (C=N–C) groups is 1. The van der Waals surface area contributed by atoms with Gasteiger partial charge in [0.2, 0.25) is 0 Å². The number of esters is 1. The van der Waals surface area contributed by atoms with E-state index in [1.807, 2.05) is 6.92 Å². The third-order valence-electron chi connectivity index (χ3n) is 2.33. The lowest BCUT2D eigenvalue weighted by Gasteiger charge is -2.02. The van der Waals surface area contributed by atoms with Crippen molar-refractivity contribution in [1.82, 2.24) is 4.98 Å². The highest BCUT2D eigenvalue weighted by molar-refractivity contribution is 5.92. The summed E-state index contributed by atoms with van der Waals surface area (Å²) in [5.74, 6) is -0.367. The van der Waals surface area contributed by atoms with E-state index in [4.69, 9.17) is 10.5 Å². The summed E-state index contributed by atoms with van der Waals surface area (Å²) in [6, 6.07) is 0. The maximum Gasteiger partial charge on any atom is 0.355 e. The smallest absolute Gasteiger partial charge is 0.355 e. The number of aromatic amines is 1. The van der Waals surface area contributed by atoms with Crippen LogP contribution in [0.15, 0.2) is 17.3 Å². The second-order valence-corrected chi connectivity index (χ2v) is 3.45. The van der Waals surface area contributed by atoms with E-state index in [0.29, 0.717) is 18.0 Å². The fourth-order valence-corrected chi connectivity index (χ4v) is 1.46. The minimum absolute atomic E-state index is 0.348. The molecule has 5 heteroatoms. The van der Waals surface area contributed by atoms with E-state index in [1.54, 1.807) is 32.5 Å². The van der Waals surface area contributed by atoms with Gasteiger partial charge in [0.05, 0.1) is 6.61 Å². The molecule has 0 amide bonds. The van der Waals surface area contributed by atoms with Crippen molar-refractivity contribution < 1.29 is 9.53 Å². The second-order valence-electron chi connectivity index (χ2n) is 3.45. The molecule has 0 saturated carbocycles. The molecule has 0 bridgehead atoms. The molecule has 0 spiro atoms. The minimum atomic E-state index is -0.367. The quantitative estimate of drug-likeness (QED) is 0.613. The first-order valence-corrected chi connectivity index (χ1v) is 5.35. The lowest BCUT2D eigenvalue weighted by Crippen LogP contribution is -2.07. The molecule has 1 aromatic heterocycles. The summed E-state index contributed by atoms with van der Waals surface area (Å²) in [4.78, 5) is 18.3. The Morgan fingerprint density at radius 3 is 2.94 bits per heavy atom. The first-order chi connectivity index (χ1) is 8.11. The van der Waals surface area contributed by atoms with Gasteiger partial charge in [0.1, 0.15) is 5.69 Å². The highest BCUT2D eigenvalue weighted by atomic mass is 16.5. The van der Waals surface area contributed by atoms with Crippen molar-refractivity contribution in [2.45, 2.75) is 13.8 Å². The van der Waals surface area contributed by atoms with Crippen molar-refractivity contribution in [3.05, 3.63) is 29.1 Å². The predicted molar refractivity (Wildman–Crippen MR) is 68.1 cm³/mol. The van der Waals surface area contributed by atoms with Gasteiger partial charge in [0.25, 0.3) is 0 Å². The fourth-order valence-electron chi connectivity index (χ4n) is 1.46. The van der Waals surface area contributed by atoms with Crippen LogP contribution >= 0.6 is 0 Å². The summed E-state index contributed by atoms with van der Waals surface area (Å²) in [6.07, 6.45) is 4.98.